The fourth-order valence-electron chi connectivity index (χ4n) is 6.52. The highest BCUT2D eigenvalue weighted by atomic mass is 19.1. The fourth-order valence-corrected chi connectivity index (χ4v) is 6.52. The van der Waals surface area contributed by atoms with Crippen LogP contribution >= 0.6 is 0 Å². The summed E-state index contributed by atoms with van der Waals surface area (Å²) >= 11 is 0. The molecule has 2 N–H and O–H groups in total. The topological polar surface area (TPSA) is 49.7 Å². The van der Waals surface area contributed by atoms with E-state index in [2.05, 4.69) is 42.5 Å². The average Bonchev–Trinajstić information content (AvgIpc) is 3.26. The van der Waals surface area contributed by atoms with E-state index in [4.69, 9.17) is 4.74 Å². The van der Waals surface area contributed by atoms with E-state index in [0.717, 1.165) is 72.9 Å². The van der Waals surface area contributed by atoms with Gasteiger partial charge in [0.05, 0.1) is 17.3 Å². The number of allylic oxidation sites excluding steroid dienone is 2. The third-order valence-electron chi connectivity index (χ3n) is 8.70. The van der Waals surface area contributed by atoms with Crippen LogP contribution in [0, 0.1) is 18.7 Å². The number of fused-ring (bicyclic) bond motifs is 1. The predicted octanol–water partition coefficient (Wildman–Crippen LogP) is 8.92. The molecule has 3 aromatic carbocycles. The number of hydrogen-bond acceptors (Lipinski definition) is 3. The lowest BCUT2D eigenvalue weighted by Crippen LogP contribution is -2.16. The van der Waals surface area contributed by atoms with Gasteiger partial charge in [-0.15, -0.1) is 0 Å². The maximum absolute atomic E-state index is 14.1. The Morgan fingerprint density at radius 1 is 0.905 bits per heavy atom. The van der Waals surface area contributed by atoms with Gasteiger partial charge in [-0.2, -0.15) is 0 Å². The number of benzene rings is 3. The van der Waals surface area contributed by atoms with Crippen LogP contribution in [0.5, 0.6) is 5.75 Å². The van der Waals surface area contributed by atoms with Gasteiger partial charge in [0.2, 0.25) is 0 Å². The van der Waals surface area contributed by atoms with Crippen molar-refractivity contribution < 1.29 is 19.3 Å². The van der Waals surface area contributed by atoms with Gasteiger partial charge in [0.15, 0.2) is 0 Å². The molecule has 0 radical (unpaired) electrons. The molecule has 222 valence electrons. The maximum Gasteiger partial charge on any atom is 0.123 e. The average molecular weight is 569 g/mol. The number of hydrogen-bond donors (Lipinski definition) is 2. The van der Waals surface area contributed by atoms with Gasteiger partial charge in [-0.1, -0.05) is 48.6 Å². The minimum atomic E-state index is -0.911. The lowest BCUT2D eigenvalue weighted by Gasteiger charge is -2.22. The second-order valence-electron chi connectivity index (χ2n) is 13.3. The van der Waals surface area contributed by atoms with Crippen molar-refractivity contribution in [1.82, 2.24) is 0 Å². The molecule has 5 rings (SSSR count). The van der Waals surface area contributed by atoms with Gasteiger partial charge in [0.25, 0.3) is 0 Å². The van der Waals surface area contributed by atoms with Crippen molar-refractivity contribution in [2.24, 2.45) is 5.92 Å². The van der Waals surface area contributed by atoms with Crippen LogP contribution in [0.3, 0.4) is 0 Å². The van der Waals surface area contributed by atoms with Crippen LogP contribution in [0.25, 0.3) is 11.1 Å². The summed E-state index contributed by atoms with van der Waals surface area (Å²) in [5.41, 5.74) is 7.17. The van der Waals surface area contributed by atoms with E-state index in [9.17, 15) is 14.6 Å². The summed E-state index contributed by atoms with van der Waals surface area (Å²) in [4.78, 5) is 0. The Labute approximate surface area is 250 Å². The summed E-state index contributed by atoms with van der Waals surface area (Å²) in [6.45, 7) is 9.24. The molecule has 3 nitrogen and oxygen atoms in total. The van der Waals surface area contributed by atoms with Gasteiger partial charge in [-0.05, 0) is 154 Å². The smallest absolute Gasteiger partial charge is 0.123 e. The van der Waals surface area contributed by atoms with E-state index in [1.165, 1.54) is 22.3 Å². The van der Waals surface area contributed by atoms with Crippen LogP contribution in [0.4, 0.5) is 4.39 Å². The van der Waals surface area contributed by atoms with Crippen molar-refractivity contribution >= 4 is 11.1 Å². The standard InChI is InChI=1S/C38H45FO3/c1-25-22-30(39)15-20-33(25)35-10-6-9-28-24-29(38(4,5)41)14-19-34(28)36(35)27-12-17-31(18-13-27)42-32-16-11-26(23-32)8-7-21-37(2,3)40/h7,12-15,17-22,24,26,32,40-41H,6,8-11,16,23H2,1-5H3/b21-7+/t26?,32-/m0/s1. The molecule has 3 aromatic rings. The molecule has 0 aliphatic heterocycles. The van der Waals surface area contributed by atoms with E-state index in [0.29, 0.717) is 5.92 Å². The molecule has 2 aliphatic carbocycles. The number of halogens is 1. The number of aryl methyl sites for hydroxylation is 2. The molecule has 42 heavy (non-hydrogen) atoms. The van der Waals surface area contributed by atoms with Gasteiger partial charge >= 0.3 is 0 Å². The summed E-state index contributed by atoms with van der Waals surface area (Å²) in [6.07, 6.45) is 11.1. The molecule has 4 heteroatoms. The zero-order chi connectivity index (χ0) is 30.1. The largest absolute Gasteiger partial charge is 0.490 e. The quantitative estimate of drug-likeness (QED) is 0.267. The van der Waals surface area contributed by atoms with Crippen LogP contribution < -0.4 is 4.74 Å². The molecule has 0 heterocycles. The van der Waals surface area contributed by atoms with E-state index in [1.807, 2.05) is 39.0 Å². The third kappa shape index (κ3) is 7.22. The van der Waals surface area contributed by atoms with Crippen LogP contribution in [0.1, 0.15) is 99.6 Å². The normalized spacial score (nSPS) is 19.7. The fraction of sp³-hybridized carbons (Fsp3) is 0.421. The van der Waals surface area contributed by atoms with E-state index < -0.39 is 11.2 Å². The first-order chi connectivity index (χ1) is 19.9. The van der Waals surface area contributed by atoms with Crippen molar-refractivity contribution in [3.05, 3.63) is 112 Å². The van der Waals surface area contributed by atoms with Gasteiger partial charge in [-0.3, -0.25) is 0 Å². The molecule has 0 saturated heterocycles. The monoisotopic (exact) mass is 568 g/mol. The SMILES string of the molecule is Cc1cc(F)ccc1C1=C(c2ccc(O[C@H]3CCC(C/C=C/C(C)(C)O)C3)cc2)c2ccc(C(C)(C)O)cc2CCC1. The minimum Gasteiger partial charge on any atom is -0.490 e. The van der Waals surface area contributed by atoms with E-state index in [-0.39, 0.29) is 11.9 Å². The van der Waals surface area contributed by atoms with Crippen LogP contribution in [-0.4, -0.2) is 21.9 Å². The zero-order valence-electron chi connectivity index (χ0n) is 25.7. The molecule has 2 atom stereocenters. The van der Waals surface area contributed by atoms with E-state index >= 15 is 0 Å². The highest BCUT2D eigenvalue weighted by Crippen LogP contribution is 2.42. The third-order valence-corrected chi connectivity index (χ3v) is 8.70. The Morgan fingerprint density at radius 3 is 2.33 bits per heavy atom. The summed E-state index contributed by atoms with van der Waals surface area (Å²) < 4.78 is 20.5. The lowest BCUT2D eigenvalue weighted by atomic mass is 9.85. The number of rotatable bonds is 8. The highest BCUT2D eigenvalue weighted by Gasteiger charge is 2.27. The van der Waals surface area contributed by atoms with Crippen molar-refractivity contribution in [2.45, 2.75) is 96.9 Å². The number of aliphatic hydroxyl groups is 2. The molecule has 2 aliphatic rings. The Hall–Kier alpha value is -3.21. The second-order valence-corrected chi connectivity index (χ2v) is 13.3. The molecule has 1 unspecified atom stereocenters. The molecule has 1 saturated carbocycles. The molecule has 0 aromatic heterocycles. The van der Waals surface area contributed by atoms with Gasteiger partial charge in [0, 0.05) is 0 Å². The molecule has 0 amide bonds. The van der Waals surface area contributed by atoms with Crippen LogP contribution in [-0.2, 0) is 12.0 Å². The van der Waals surface area contributed by atoms with Gasteiger partial charge in [-0.25, -0.2) is 4.39 Å². The van der Waals surface area contributed by atoms with E-state index in [1.54, 1.807) is 26.0 Å². The molecular weight excluding hydrogens is 523 g/mol. The summed E-state index contributed by atoms with van der Waals surface area (Å²) in [5, 5.41) is 20.6. The maximum atomic E-state index is 14.1. The second kappa shape index (κ2) is 12.2. The number of ether oxygens (including phenoxy) is 1. The molecule has 0 bridgehead atoms. The Balaban J connectivity index is 1.45. The summed E-state index contributed by atoms with van der Waals surface area (Å²) in [5.74, 6) is 1.24. The molecular formula is C38H45FO3. The first-order valence-corrected chi connectivity index (χ1v) is 15.4. The predicted molar refractivity (Wildman–Crippen MR) is 170 cm³/mol. The first-order valence-electron chi connectivity index (χ1n) is 15.4. The summed E-state index contributed by atoms with van der Waals surface area (Å²) in [6, 6.07) is 19.9. The van der Waals surface area contributed by atoms with Crippen LogP contribution in [0.15, 0.2) is 72.8 Å². The lowest BCUT2D eigenvalue weighted by molar-refractivity contribution is 0.0785. The van der Waals surface area contributed by atoms with Gasteiger partial charge < -0.3 is 14.9 Å². The molecule has 0 spiro atoms. The molecule has 1 fully saturated rings. The minimum absolute atomic E-state index is 0.201. The van der Waals surface area contributed by atoms with Crippen molar-refractivity contribution in [2.75, 3.05) is 0 Å². The first kappa shape index (κ1) is 30.3. The highest BCUT2D eigenvalue weighted by molar-refractivity contribution is 6.00. The Morgan fingerprint density at radius 2 is 1.64 bits per heavy atom. The Bertz CT molecular complexity index is 1470. The van der Waals surface area contributed by atoms with Gasteiger partial charge in [0.1, 0.15) is 11.6 Å². The van der Waals surface area contributed by atoms with Crippen molar-refractivity contribution in [3.8, 4) is 5.75 Å². The van der Waals surface area contributed by atoms with Crippen molar-refractivity contribution in [3.63, 3.8) is 0 Å². The summed E-state index contributed by atoms with van der Waals surface area (Å²) in [7, 11) is 0. The van der Waals surface area contributed by atoms with Crippen LogP contribution in [0.2, 0.25) is 0 Å². The van der Waals surface area contributed by atoms with Crippen molar-refractivity contribution in [1.29, 1.82) is 0 Å². The Kier molecular flexibility index (Phi) is 8.78. The zero-order valence-corrected chi connectivity index (χ0v) is 25.7.